The molecule has 0 aromatic heterocycles. The number of hydrogen-bond acceptors (Lipinski definition) is 4. The molecule has 1 N–H and O–H groups in total. The Morgan fingerprint density at radius 3 is 2.48 bits per heavy atom. The van der Waals surface area contributed by atoms with Crippen LogP contribution in [-0.4, -0.2) is 44.2 Å². The number of carbonyl (C=O) groups is 1. The third-order valence-corrected chi connectivity index (χ3v) is 4.77. The van der Waals surface area contributed by atoms with E-state index in [1.54, 1.807) is 19.2 Å². The summed E-state index contributed by atoms with van der Waals surface area (Å²) < 4.78 is 24.4. The van der Waals surface area contributed by atoms with Gasteiger partial charge in [0.2, 0.25) is 0 Å². The van der Waals surface area contributed by atoms with Crippen LogP contribution in [0.3, 0.4) is 0 Å². The van der Waals surface area contributed by atoms with Gasteiger partial charge in [-0.2, -0.15) is 0 Å². The molecule has 1 amide bonds. The zero-order valence-electron chi connectivity index (χ0n) is 15.5. The summed E-state index contributed by atoms with van der Waals surface area (Å²) >= 11 is 0. The molecule has 1 heterocycles. The van der Waals surface area contributed by atoms with Crippen molar-refractivity contribution in [2.45, 2.75) is 18.9 Å². The molecule has 1 atom stereocenters. The molecule has 1 aliphatic rings. The molecule has 1 saturated heterocycles. The predicted molar refractivity (Wildman–Crippen MR) is 101 cm³/mol. The molecule has 0 saturated carbocycles. The Morgan fingerprint density at radius 1 is 1.11 bits per heavy atom. The number of amides is 1. The van der Waals surface area contributed by atoms with Crippen molar-refractivity contribution < 1.29 is 18.7 Å². The minimum absolute atomic E-state index is 0.0288. The monoisotopic (exact) mass is 372 g/mol. The fraction of sp³-hybridized carbons (Fsp3) is 0.381. The Labute approximate surface area is 159 Å². The molecule has 6 heteroatoms. The van der Waals surface area contributed by atoms with Crippen molar-refractivity contribution in [3.05, 3.63) is 59.9 Å². The Kier molecular flexibility index (Phi) is 6.65. The average Bonchev–Trinajstić information content (AvgIpc) is 3.22. The number of benzene rings is 2. The van der Waals surface area contributed by atoms with Gasteiger partial charge in [0.1, 0.15) is 5.75 Å². The van der Waals surface area contributed by atoms with Crippen LogP contribution in [0.25, 0.3) is 0 Å². The van der Waals surface area contributed by atoms with Gasteiger partial charge in [-0.3, -0.25) is 9.69 Å². The predicted octanol–water partition coefficient (Wildman–Crippen LogP) is 3.17. The molecule has 5 nitrogen and oxygen atoms in total. The van der Waals surface area contributed by atoms with Gasteiger partial charge in [0.15, 0.2) is 18.2 Å². The molecule has 144 valence electrons. The molecule has 2 aromatic rings. The zero-order valence-corrected chi connectivity index (χ0v) is 15.5. The minimum Gasteiger partial charge on any atom is -0.496 e. The van der Waals surface area contributed by atoms with Crippen LogP contribution in [0.1, 0.15) is 24.4 Å². The molecule has 3 rings (SSSR count). The Balaban J connectivity index is 1.62. The first-order chi connectivity index (χ1) is 13.2. The fourth-order valence-electron chi connectivity index (χ4n) is 3.40. The zero-order chi connectivity index (χ0) is 19.1. The van der Waals surface area contributed by atoms with Gasteiger partial charge in [-0.25, -0.2) is 4.39 Å². The second-order valence-electron chi connectivity index (χ2n) is 6.52. The van der Waals surface area contributed by atoms with E-state index in [2.05, 4.69) is 10.2 Å². The number of halogens is 1. The number of methoxy groups -OCH3 is 1. The first kappa shape index (κ1) is 19.2. The molecule has 0 bridgehead atoms. The number of rotatable bonds is 8. The molecule has 1 unspecified atom stereocenters. The standard InChI is InChI=1S/C21H25FN2O3/c1-26-19-10-4-2-8-16(19)18(24-12-6-7-13-24)14-23-21(25)15-27-20-11-5-3-9-17(20)22/h2-5,8-11,18H,6-7,12-15H2,1H3,(H,23,25). The number of likely N-dealkylation sites (tertiary alicyclic amines) is 1. The molecular weight excluding hydrogens is 347 g/mol. The van der Waals surface area contributed by atoms with E-state index >= 15 is 0 Å². The molecule has 0 aliphatic carbocycles. The van der Waals surface area contributed by atoms with E-state index in [4.69, 9.17) is 9.47 Å². The lowest BCUT2D eigenvalue weighted by molar-refractivity contribution is -0.123. The van der Waals surface area contributed by atoms with Gasteiger partial charge in [-0.1, -0.05) is 30.3 Å². The van der Waals surface area contributed by atoms with Gasteiger partial charge >= 0.3 is 0 Å². The van der Waals surface area contributed by atoms with Crippen LogP contribution in [0.5, 0.6) is 11.5 Å². The molecule has 1 fully saturated rings. The second-order valence-corrected chi connectivity index (χ2v) is 6.52. The first-order valence-corrected chi connectivity index (χ1v) is 9.20. The summed E-state index contributed by atoms with van der Waals surface area (Å²) in [6.45, 7) is 2.20. The van der Waals surface area contributed by atoms with Gasteiger partial charge in [-0.05, 0) is 44.1 Å². The Hall–Kier alpha value is -2.60. The highest BCUT2D eigenvalue weighted by atomic mass is 19.1. The maximum absolute atomic E-state index is 13.6. The SMILES string of the molecule is COc1ccccc1C(CNC(=O)COc1ccccc1F)N1CCCC1. The van der Waals surface area contributed by atoms with Crippen molar-refractivity contribution in [1.82, 2.24) is 10.2 Å². The topological polar surface area (TPSA) is 50.8 Å². The minimum atomic E-state index is -0.478. The molecule has 0 radical (unpaired) electrons. The van der Waals surface area contributed by atoms with Gasteiger partial charge in [0.25, 0.3) is 5.91 Å². The van der Waals surface area contributed by atoms with Crippen molar-refractivity contribution in [3.8, 4) is 11.5 Å². The van der Waals surface area contributed by atoms with Gasteiger partial charge < -0.3 is 14.8 Å². The maximum atomic E-state index is 13.6. The van der Waals surface area contributed by atoms with Gasteiger partial charge in [0.05, 0.1) is 13.2 Å². The number of nitrogens with one attached hydrogen (secondary N) is 1. The van der Waals surface area contributed by atoms with Crippen LogP contribution in [0, 0.1) is 5.82 Å². The van der Waals surface area contributed by atoms with E-state index < -0.39 is 5.82 Å². The highest BCUT2D eigenvalue weighted by Crippen LogP contribution is 2.31. The number of ether oxygens (including phenoxy) is 2. The lowest BCUT2D eigenvalue weighted by atomic mass is 10.0. The summed E-state index contributed by atoms with van der Waals surface area (Å²) in [7, 11) is 1.65. The average molecular weight is 372 g/mol. The summed E-state index contributed by atoms with van der Waals surface area (Å²) in [5.41, 5.74) is 1.05. The van der Waals surface area contributed by atoms with Crippen molar-refractivity contribution in [2.75, 3.05) is 33.4 Å². The normalized spacial score (nSPS) is 15.3. The van der Waals surface area contributed by atoms with Gasteiger partial charge in [-0.15, -0.1) is 0 Å². The van der Waals surface area contributed by atoms with E-state index in [1.807, 2.05) is 24.3 Å². The van der Waals surface area contributed by atoms with E-state index in [0.717, 1.165) is 37.2 Å². The van der Waals surface area contributed by atoms with Crippen molar-refractivity contribution in [3.63, 3.8) is 0 Å². The lowest BCUT2D eigenvalue weighted by Crippen LogP contribution is -2.38. The molecule has 1 aliphatic heterocycles. The molecule has 2 aromatic carbocycles. The van der Waals surface area contributed by atoms with E-state index in [0.29, 0.717) is 6.54 Å². The number of para-hydroxylation sites is 2. The largest absolute Gasteiger partial charge is 0.496 e. The summed E-state index contributed by atoms with van der Waals surface area (Å²) in [6, 6.07) is 14.0. The van der Waals surface area contributed by atoms with E-state index in [-0.39, 0.29) is 24.3 Å². The van der Waals surface area contributed by atoms with E-state index in [1.165, 1.54) is 12.1 Å². The lowest BCUT2D eigenvalue weighted by Gasteiger charge is -2.29. The van der Waals surface area contributed by atoms with Crippen molar-refractivity contribution in [2.24, 2.45) is 0 Å². The van der Waals surface area contributed by atoms with E-state index in [9.17, 15) is 9.18 Å². The van der Waals surface area contributed by atoms with Gasteiger partial charge in [0, 0.05) is 12.1 Å². The summed E-state index contributed by atoms with van der Waals surface area (Å²) in [5.74, 6) is 0.131. The van der Waals surface area contributed by atoms with Crippen LogP contribution < -0.4 is 14.8 Å². The molecule has 27 heavy (non-hydrogen) atoms. The second kappa shape index (κ2) is 9.37. The van der Waals surface area contributed by atoms with Crippen LogP contribution in [0.2, 0.25) is 0 Å². The van der Waals surface area contributed by atoms with Crippen LogP contribution in [0.15, 0.2) is 48.5 Å². The first-order valence-electron chi connectivity index (χ1n) is 9.20. The highest BCUT2D eigenvalue weighted by molar-refractivity contribution is 5.77. The highest BCUT2D eigenvalue weighted by Gasteiger charge is 2.26. The number of nitrogens with zero attached hydrogens (tertiary/aromatic N) is 1. The molecular formula is C21H25FN2O3. The Bertz CT molecular complexity index is 763. The number of carbonyl (C=O) groups excluding carboxylic acids is 1. The number of hydrogen-bond donors (Lipinski definition) is 1. The van der Waals surface area contributed by atoms with Crippen LogP contribution in [-0.2, 0) is 4.79 Å². The summed E-state index contributed by atoms with van der Waals surface area (Å²) in [5, 5.41) is 2.92. The van der Waals surface area contributed by atoms with Crippen molar-refractivity contribution >= 4 is 5.91 Å². The summed E-state index contributed by atoms with van der Waals surface area (Å²) in [4.78, 5) is 14.6. The summed E-state index contributed by atoms with van der Waals surface area (Å²) in [6.07, 6.45) is 2.30. The van der Waals surface area contributed by atoms with Crippen LogP contribution in [0.4, 0.5) is 4.39 Å². The quantitative estimate of drug-likeness (QED) is 0.773. The van der Waals surface area contributed by atoms with Crippen LogP contribution >= 0.6 is 0 Å². The third-order valence-electron chi connectivity index (χ3n) is 4.77. The third kappa shape index (κ3) is 4.98. The Morgan fingerprint density at radius 2 is 1.78 bits per heavy atom. The fourth-order valence-corrected chi connectivity index (χ4v) is 3.40. The smallest absolute Gasteiger partial charge is 0.258 e. The van der Waals surface area contributed by atoms with Crippen molar-refractivity contribution in [1.29, 1.82) is 0 Å². The molecule has 0 spiro atoms. The maximum Gasteiger partial charge on any atom is 0.258 e.